The van der Waals surface area contributed by atoms with E-state index < -0.39 is 6.16 Å². The Hall–Kier alpha value is -2.29. The second kappa shape index (κ2) is 16.4. The van der Waals surface area contributed by atoms with Gasteiger partial charge in [-0.1, -0.05) is 97.8 Å². The first-order valence-electron chi connectivity index (χ1n) is 14.2. The zero-order valence-electron chi connectivity index (χ0n) is 23.0. The van der Waals surface area contributed by atoms with Crippen molar-refractivity contribution in [2.45, 2.75) is 125 Å². The Morgan fingerprint density at radius 2 is 1.11 bits per heavy atom. The zero-order valence-corrected chi connectivity index (χ0v) is 23.0. The normalized spacial score (nSPS) is 11.0. The molecule has 0 spiro atoms. The highest BCUT2D eigenvalue weighted by atomic mass is 16.7. The summed E-state index contributed by atoms with van der Waals surface area (Å²) in [6.45, 7) is 11.0. The summed E-state index contributed by atoms with van der Waals surface area (Å²) in [6, 6.07) is 10.2. The average molecular weight is 481 g/mol. The van der Waals surface area contributed by atoms with E-state index in [1.165, 1.54) is 53.5 Å². The van der Waals surface area contributed by atoms with E-state index in [1.54, 1.807) is 0 Å². The van der Waals surface area contributed by atoms with Crippen LogP contribution in [0.25, 0.3) is 0 Å². The predicted molar refractivity (Wildman–Crippen MR) is 148 cm³/mol. The largest absolute Gasteiger partial charge is 0.519 e. The summed E-state index contributed by atoms with van der Waals surface area (Å²) in [4.78, 5) is 13.0. The number of hydrogen-bond donors (Lipinski definition) is 0. The molecule has 0 bridgehead atoms. The van der Waals surface area contributed by atoms with Gasteiger partial charge in [0.15, 0.2) is 0 Å². The summed E-state index contributed by atoms with van der Waals surface area (Å²) in [6.07, 6.45) is 14.5. The van der Waals surface area contributed by atoms with Gasteiger partial charge in [-0.25, -0.2) is 4.79 Å². The van der Waals surface area contributed by atoms with Crippen LogP contribution < -0.4 is 9.47 Å². The minimum atomic E-state index is -0.629. The van der Waals surface area contributed by atoms with Gasteiger partial charge in [0.1, 0.15) is 11.5 Å². The van der Waals surface area contributed by atoms with Crippen molar-refractivity contribution in [3.63, 3.8) is 0 Å². The number of unbranched alkanes of at least 4 members (excludes halogenated alkanes) is 4. The maximum atomic E-state index is 13.0. The maximum Gasteiger partial charge on any atom is 0.519 e. The fourth-order valence-corrected chi connectivity index (χ4v) is 4.95. The van der Waals surface area contributed by atoms with Crippen molar-refractivity contribution in [1.82, 2.24) is 0 Å². The molecule has 0 heterocycles. The second-order valence-corrected chi connectivity index (χ2v) is 9.69. The van der Waals surface area contributed by atoms with Crippen molar-refractivity contribution in [3.8, 4) is 11.5 Å². The molecule has 0 aliphatic carbocycles. The molecule has 0 aliphatic rings. The van der Waals surface area contributed by atoms with Crippen LogP contribution in [0.2, 0.25) is 0 Å². The average Bonchev–Trinajstić information content (AvgIpc) is 2.84. The third kappa shape index (κ3) is 9.02. The second-order valence-electron chi connectivity index (χ2n) is 9.69. The van der Waals surface area contributed by atoms with Gasteiger partial charge in [0.2, 0.25) is 0 Å². The first kappa shape index (κ1) is 28.9. The van der Waals surface area contributed by atoms with Crippen LogP contribution in [0.4, 0.5) is 4.79 Å². The lowest BCUT2D eigenvalue weighted by Crippen LogP contribution is -2.17. The Labute approximate surface area is 214 Å². The molecule has 0 amide bonds. The van der Waals surface area contributed by atoms with E-state index in [1.807, 2.05) is 18.2 Å². The number of carbonyl (C=O) groups excluding carboxylic acids is 1. The summed E-state index contributed by atoms with van der Waals surface area (Å²) in [5, 5.41) is 0. The van der Waals surface area contributed by atoms with Crippen LogP contribution in [0, 0.1) is 0 Å². The first-order valence-corrected chi connectivity index (χ1v) is 14.2. The van der Waals surface area contributed by atoms with Gasteiger partial charge in [0.05, 0.1) is 0 Å². The van der Waals surface area contributed by atoms with E-state index in [-0.39, 0.29) is 0 Å². The summed E-state index contributed by atoms with van der Waals surface area (Å²) in [7, 11) is 0. The Morgan fingerprint density at radius 1 is 0.543 bits per heavy atom. The van der Waals surface area contributed by atoms with Crippen LogP contribution in [0.1, 0.15) is 120 Å². The third-order valence-corrected chi connectivity index (χ3v) is 6.70. The summed E-state index contributed by atoms with van der Waals surface area (Å²) in [5.74, 6) is 1.32. The Kier molecular flexibility index (Phi) is 13.6. The highest BCUT2D eigenvalue weighted by Crippen LogP contribution is 2.31. The van der Waals surface area contributed by atoms with E-state index in [0.717, 1.165) is 64.2 Å². The van der Waals surface area contributed by atoms with Crippen molar-refractivity contribution < 1.29 is 14.3 Å². The van der Waals surface area contributed by atoms with Crippen molar-refractivity contribution in [3.05, 3.63) is 58.1 Å². The molecule has 0 fully saturated rings. The zero-order chi connectivity index (χ0) is 25.5. The van der Waals surface area contributed by atoms with Crippen molar-refractivity contribution in [2.75, 3.05) is 0 Å². The van der Waals surface area contributed by atoms with Crippen LogP contribution in [0.5, 0.6) is 11.5 Å². The van der Waals surface area contributed by atoms with Crippen LogP contribution in [-0.2, 0) is 32.1 Å². The Balaban J connectivity index is 2.29. The van der Waals surface area contributed by atoms with Gasteiger partial charge < -0.3 is 9.47 Å². The summed E-state index contributed by atoms with van der Waals surface area (Å²) in [5.41, 5.74) is 6.40. The van der Waals surface area contributed by atoms with Crippen LogP contribution in [0.3, 0.4) is 0 Å². The number of rotatable bonds is 16. The third-order valence-electron chi connectivity index (χ3n) is 6.70. The Morgan fingerprint density at radius 3 is 1.74 bits per heavy atom. The highest BCUT2D eigenvalue weighted by Gasteiger charge is 2.19. The quantitative estimate of drug-likeness (QED) is 0.136. The number of benzene rings is 2. The molecule has 0 N–H and O–H groups in total. The minimum absolute atomic E-state index is 0.629. The van der Waals surface area contributed by atoms with Crippen molar-refractivity contribution in [2.24, 2.45) is 0 Å². The highest BCUT2D eigenvalue weighted by molar-refractivity contribution is 5.69. The lowest BCUT2D eigenvalue weighted by Gasteiger charge is -2.19. The SMILES string of the molecule is CCCCCc1cccc(OC(=O)Oc2ccc(CCC)c(CCC)c2CCC)c1CCCCC. The lowest BCUT2D eigenvalue weighted by molar-refractivity contribution is 0.151. The number of aryl methyl sites for hydroxylation is 2. The fourth-order valence-electron chi connectivity index (χ4n) is 4.95. The molecule has 2 aromatic rings. The molecular weight excluding hydrogens is 432 g/mol. The molecule has 0 aliphatic heterocycles. The topological polar surface area (TPSA) is 35.5 Å². The van der Waals surface area contributed by atoms with E-state index in [4.69, 9.17) is 9.47 Å². The van der Waals surface area contributed by atoms with Crippen LogP contribution >= 0.6 is 0 Å². The molecule has 35 heavy (non-hydrogen) atoms. The molecule has 0 aromatic heterocycles. The van der Waals surface area contributed by atoms with Gasteiger partial charge in [-0.05, 0) is 84.9 Å². The van der Waals surface area contributed by atoms with Gasteiger partial charge >= 0.3 is 6.16 Å². The van der Waals surface area contributed by atoms with Crippen molar-refractivity contribution >= 4 is 6.16 Å². The van der Waals surface area contributed by atoms with E-state index in [2.05, 4.69) is 46.8 Å². The molecule has 194 valence electrons. The smallest absolute Gasteiger partial charge is 0.394 e. The summed E-state index contributed by atoms with van der Waals surface area (Å²) < 4.78 is 11.8. The molecule has 0 atom stereocenters. The monoisotopic (exact) mass is 480 g/mol. The van der Waals surface area contributed by atoms with E-state index in [0.29, 0.717) is 11.5 Å². The summed E-state index contributed by atoms with van der Waals surface area (Å²) >= 11 is 0. The molecule has 3 heteroatoms. The molecule has 2 aromatic carbocycles. The maximum absolute atomic E-state index is 13.0. The molecule has 0 saturated carbocycles. The van der Waals surface area contributed by atoms with Gasteiger partial charge in [0, 0.05) is 0 Å². The molecule has 0 unspecified atom stereocenters. The van der Waals surface area contributed by atoms with Crippen LogP contribution in [-0.4, -0.2) is 6.16 Å². The minimum Gasteiger partial charge on any atom is -0.394 e. The molecule has 0 radical (unpaired) electrons. The number of hydrogen-bond acceptors (Lipinski definition) is 3. The van der Waals surface area contributed by atoms with Gasteiger partial charge in [0.25, 0.3) is 0 Å². The molecular formula is C32H48O3. The van der Waals surface area contributed by atoms with Gasteiger partial charge in [-0.3, -0.25) is 0 Å². The van der Waals surface area contributed by atoms with E-state index in [9.17, 15) is 4.79 Å². The van der Waals surface area contributed by atoms with Crippen molar-refractivity contribution in [1.29, 1.82) is 0 Å². The standard InChI is InChI=1S/C32H48O3/c1-6-11-13-19-26-20-15-22-30(28(26)21-14-12-7-2)34-32(33)35-31-24-23-25(16-8-3)27(17-9-4)29(31)18-10-5/h15,20,22-24H,6-14,16-19,21H2,1-5H3. The molecule has 2 rings (SSSR count). The van der Waals surface area contributed by atoms with Gasteiger partial charge in [-0.2, -0.15) is 0 Å². The predicted octanol–water partition coefficient (Wildman–Crippen LogP) is 9.59. The van der Waals surface area contributed by atoms with Gasteiger partial charge in [-0.15, -0.1) is 0 Å². The number of ether oxygens (including phenoxy) is 2. The molecule has 3 nitrogen and oxygen atoms in total. The lowest BCUT2D eigenvalue weighted by atomic mass is 9.91. The van der Waals surface area contributed by atoms with Crippen LogP contribution in [0.15, 0.2) is 30.3 Å². The molecule has 0 saturated heterocycles. The first-order chi connectivity index (χ1) is 17.1. The van der Waals surface area contributed by atoms with E-state index >= 15 is 0 Å². The number of carbonyl (C=O) groups is 1. The Bertz CT molecular complexity index is 900. The fraction of sp³-hybridized carbons (Fsp3) is 0.594.